The first-order valence-electron chi connectivity index (χ1n) is 9.55. The van der Waals surface area contributed by atoms with Crippen LogP contribution in [0.3, 0.4) is 0 Å². The van der Waals surface area contributed by atoms with Crippen molar-refractivity contribution >= 4 is 16.7 Å². The molecule has 0 fully saturated rings. The largest absolute Gasteiger partial charge is 0.486 e. The van der Waals surface area contributed by atoms with E-state index in [0.717, 1.165) is 33.8 Å². The van der Waals surface area contributed by atoms with E-state index in [1.807, 2.05) is 67.7 Å². The van der Waals surface area contributed by atoms with Gasteiger partial charge in [-0.1, -0.05) is 24.3 Å². The van der Waals surface area contributed by atoms with E-state index in [1.54, 1.807) is 12.4 Å². The molecule has 6 heteroatoms. The third-order valence-electron chi connectivity index (χ3n) is 4.93. The highest BCUT2D eigenvalue weighted by Gasteiger charge is 2.23. The molecule has 2 aromatic heterocycles. The smallest absolute Gasteiger partial charge is 0.162 e. The summed E-state index contributed by atoms with van der Waals surface area (Å²) in [6.45, 7) is 1.15. The van der Waals surface area contributed by atoms with Gasteiger partial charge in [0, 0.05) is 30.4 Å². The van der Waals surface area contributed by atoms with Crippen molar-refractivity contribution in [3.05, 3.63) is 73.1 Å². The van der Waals surface area contributed by atoms with Gasteiger partial charge in [0.25, 0.3) is 0 Å². The number of benzene rings is 2. The van der Waals surface area contributed by atoms with Crippen LogP contribution < -0.4 is 14.4 Å². The van der Waals surface area contributed by atoms with E-state index in [9.17, 15) is 0 Å². The molecule has 0 amide bonds. The van der Waals surface area contributed by atoms with E-state index in [1.165, 1.54) is 0 Å². The standard InChI is InChI=1S/C23H20N4O2/c1-27(14-17-15-28-20-8-4-5-9-21(20)29-17)23-18-6-2-3-7-19(18)25-22(26-23)16-10-12-24-13-11-16/h2-13,17H,14-15H2,1H3. The quantitative estimate of drug-likeness (QED) is 0.531. The fourth-order valence-corrected chi connectivity index (χ4v) is 3.53. The minimum atomic E-state index is -0.0898. The average Bonchev–Trinajstić information content (AvgIpc) is 2.79. The van der Waals surface area contributed by atoms with Gasteiger partial charge in [0.15, 0.2) is 23.4 Å². The Labute approximate surface area is 168 Å². The number of para-hydroxylation sites is 3. The molecule has 1 atom stereocenters. The van der Waals surface area contributed by atoms with Crippen LogP contribution >= 0.6 is 0 Å². The maximum Gasteiger partial charge on any atom is 0.162 e. The molecule has 0 N–H and O–H groups in total. The van der Waals surface area contributed by atoms with Crippen molar-refractivity contribution in [1.29, 1.82) is 0 Å². The van der Waals surface area contributed by atoms with Crippen molar-refractivity contribution in [2.75, 3.05) is 25.1 Å². The van der Waals surface area contributed by atoms with Gasteiger partial charge >= 0.3 is 0 Å². The molecule has 5 rings (SSSR count). The summed E-state index contributed by atoms with van der Waals surface area (Å²) in [7, 11) is 2.02. The molecule has 3 heterocycles. The highest BCUT2D eigenvalue weighted by Crippen LogP contribution is 2.32. The summed E-state index contributed by atoms with van der Waals surface area (Å²) in [5, 5.41) is 1.00. The summed E-state index contributed by atoms with van der Waals surface area (Å²) in [5.41, 5.74) is 1.84. The van der Waals surface area contributed by atoms with Gasteiger partial charge < -0.3 is 14.4 Å². The lowest BCUT2D eigenvalue weighted by atomic mass is 10.2. The molecule has 144 valence electrons. The normalized spacial score (nSPS) is 15.3. The second-order valence-corrected chi connectivity index (χ2v) is 7.00. The van der Waals surface area contributed by atoms with Crippen molar-refractivity contribution in [1.82, 2.24) is 15.0 Å². The zero-order chi connectivity index (χ0) is 19.6. The molecule has 0 saturated carbocycles. The number of rotatable bonds is 4. The van der Waals surface area contributed by atoms with Crippen molar-refractivity contribution in [2.24, 2.45) is 0 Å². The maximum atomic E-state index is 6.13. The molecule has 4 aromatic rings. The first kappa shape index (κ1) is 17.4. The predicted octanol–water partition coefficient (Wildman–Crippen LogP) is 3.97. The molecule has 0 spiro atoms. The minimum absolute atomic E-state index is 0.0898. The van der Waals surface area contributed by atoms with Gasteiger partial charge in [0.2, 0.25) is 0 Å². The van der Waals surface area contributed by atoms with Crippen LogP contribution in [0.5, 0.6) is 11.5 Å². The number of ether oxygens (including phenoxy) is 2. The summed E-state index contributed by atoms with van der Waals surface area (Å²) >= 11 is 0. The Morgan fingerprint density at radius 1 is 0.931 bits per heavy atom. The van der Waals surface area contributed by atoms with Crippen LogP contribution in [0.1, 0.15) is 0 Å². The van der Waals surface area contributed by atoms with Crippen molar-refractivity contribution < 1.29 is 9.47 Å². The Bertz CT molecular complexity index is 1150. The molecule has 6 nitrogen and oxygen atoms in total. The topological polar surface area (TPSA) is 60.4 Å². The second kappa shape index (κ2) is 7.39. The van der Waals surface area contributed by atoms with Gasteiger partial charge in [-0.25, -0.2) is 9.97 Å². The Morgan fingerprint density at radius 2 is 1.69 bits per heavy atom. The van der Waals surface area contributed by atoms with Crippen LogP contribution in [0, 0.1) is 0 Å². The number of nitrogens with zero attached hydrogens (tertiary/aromatic N) is 4. The Hall–Kier alpha value is -3.67. The fraction of sp³-hybridized carbons (Fsp3) is 0.174. The summed E-state index contributed by atoms with van der Waals surface area (Å²) in [5.74, 6) is 3.12. The van der Waals surface area contributed by atoms with Gasteiger partial charge in [-0.2, -0.15) is 0 Å². The van der Waals surface area contributed by atoms with E-state index in [4.69, 9.17) is 19.4 Å². The van der Waals surface area contributed by atoms with Gasteiger partial charge in [0.05, 0.1) is 12.1 Å². The zero-order valence-corrected chi connectivity index (χ0v) is 16.0. The third-order valence-corrected chi connectivity index (χ3v) is 4.93. The Balaban J connectivity index is 1.47. The van der Waals surface area contributed by atoms with E-state index >= 15 is 0 Å². The molecule has 0 radical (unpaired) electrons. The highest BCUT2D eigenvalue weighted by atomic mass is 16.6. The molecule has 29 heavy (non-hydrogen) atoms. The lowest BCUT2D eigenvalue weighted by Gasteiger charge is -2.30. The summed E-state index contributed by atoms with van der Waals surface area (Å²) in [6, 6.07) is 19.6. The number of fused-ring (bicyclic) bond motifs is 2. The molecular formula is C23H20N4O2. The van der Waals surface area contributed by atoms with Crippen LogP contribution in [0.4, 0.5) is 5.82 Å². The lowest BCUT2D eigenvalue weighted by Crippen LogP contribution is -2.39. The molecule has 1 aliphatic rings. The molecule has 1 aliphatic heterocycles. The number of hydrogen-bond donors (Lipinski definition) is 0. The van der Waals surface area contributed by atoms with Gasteiger partial charge in [-0.15, -0.1) is 0 Å². The summed E-state index contributed by atoms with van der Waals surface area (Å²) in [4.78, 5) is 15.8. The Morgan fingerprint density at radius 3 is 2.55 bits per heavy atom. The fourth-order valence-electron chi connectivity index (χ4n) is 3.53. The van der Waals surface area contributed by atoms with Crippen LogP contribution in [-0.4, -0.2) is 41.3 Å². The molecule has 0 aliphatic carbocycles. The van der Waals surface area contributed by atoms with E-state index < -0.39 is 0 Å². The van der Waals surface area contributed by atoms with Crippen LogP contribution in [0.25, 0.3) is 22.3 Å². The lowest BCUT2D eigenvalue weighted by molar-refractivity contribution is 0.0960. The number of hydrogen-bond acceptors (Lipinski definition) is 6. The van der Waals surface area contributed by atoms with Gasteiger partial charge in [0.1, 0.15) is 12.4 Å². The van der Waals surface area contributed by atoms with E-state index in [-0.39, 0.29) is 6.10 Å². The van der Waals surface area contributed by atoms with E-state index in [0.29, 0.717) is 19.0 Å². The second-order valence-electron chi connectivity index (χ2n) is 7.00. The van der Waals surface area contributed by atoms with Crippen LogP contribution in [0.2, 0.25) is 0 Å². The van der Waals surface area contributed by atoms with Crippen molar-refractivity contribution in [3.63, 3.8) is 0 Å². The highest BCUT2D eigenvalue weighted by molar-refractivity contribution is 5.91. The molecular weight excluding hydrogens is 364 g/mol. The number of anilines is 1. The monoisotopic (exact) mass is 384 g/mol. The summed E-state index contributed by atoms with van der Waals surface area (Å²) in [6.07, 6.45) is 3.41. The number of aromatic nitrogens is 3. The van der Waals surface area contributed by atoms with Gasteiger partial charge in [-0.05, 0) is 36.4 Å². The van der Waals surface area contributed by atoms with Crippen molar-refractivity contribution in [2.45, 2.75) is 6.10 Å². The number of likely N-dealkylation sites (N-methyl/N-ethyl adjacent to an activating group) is 1. The number of pyridine rings is 1. The molecule has 0 bridgehead atoms. The molecule has 2 aromatic carbocycles. The third kappa shape index (κ3) is 3.45. The first-order valence-corrected chi connectivity index (χ1v) is 9.55. The van der Waals surface area contributed by atoms with E-state index in [2.05, 4.69) is 9.88 Å². The van der Waals surface area contributed by atoms with Crippen molar-refractivity contribution in [3.8, 4) is 22.9 Å². The molecule has 0 saturated heterocycles. The maximum absolute atomic E-state index is 6.13. The Kier molecular flexibility index (Phi) is 4.44. The first-order chi connectivity index (χ1) is 14.3. The average molecular weight is 384 g/mol. The van der Waals surface area contributed by atoms with Gasteiger partial charge in [-0.3, -0.25) is 4.98 Å². The minimum Gasteiger partial charge on any atom is -0.486 e. The SMILES string of the molecule is CN(CC1COc2ccccc2O1)c1nc(-c2ccncc2)nc2ccccc12. The molecule has 1 unspecified atom stereocenters. The van der Waals surface area contributed by atoms with Crippen LogP contribution in [0.15, 0.2) is 73.1 Å². The van der Waals surface area contributed by atoms with Crippen LogP contribution in [-0.2, 0) is 0 Å². The predicted molar refractivity (Wildman–Crippen MR) is 112 cm³/mol. The summed E-state index contributed by atoms with van der Waals surface area (Å²) < 4.78 is 12.0. The zero-order valence-electron chi connectivity index (χ0n) is 16.0.